The van der Waals surface area contributed by atoms with Gasteiger partial charge in [-0.3, -0.25) is 4.79 Å². The second kappa shape index (κ2) is 5.45. The lowest BCUT2D eigenvalue weighted by atomic mass is 10.2. The summed E-state index contributed by atoms with van der Waals surface area (Å²) in [5.41, 5.74) is 2.74. The molecule has 0 saturated carbocycles. The Morgan fingerprint density at radius 2 is 2.31 bits per heavy atom. The van der Waals surface area contributed by atoms with Crippen LogP contribution in [0.5, 0.6) is 0 Å². The lowest BCUT2D eigenvalue weighted by Crippen LogP contribution is -2.26. The van der Waals surface area contributed by atoms with Gasteiger partial charge in [-0.25, -0.2) is 4.98 Å². The Morgan fingerprint density at radius 1 is 1.62 bits per heavy atom. The summed E-state index contributed by atoms with van der Waals surface area (Å²) >= 11 is 0. The van der Waals surface area contributed by atoms with Crippen molar-refractivity contribution < 1.29 is 4.79 Å². The molecule has 1 heterocycles. The number of likely N-dealkylation sites (N-methyl/N-ethyl adjacent to an activating group) is 1. The number of aldehydes is 1. The van der Waals surface area contributed by atoms with Crippen LogP contribution in [0.2, 0.25) is 0 Å². The van der Waals surface area contributed by atoms with Crippen molar-refractivity contribution in [2.24, 2.45) is 0 Å². The smallest absolute Gasteiger partial charge is 0.151 e. The molecule has 3 heteroatoms. The predicted octanol–water partition coefficient (Wildman–Crippen LogP) is 2.60. The van der Waals surface area contributed by atoms with E-state index < -0.39 is 0 Å². The number of rotatable bonds is 5. The number of aromatic nitrogens is 1. The van der Waals surface area contributed by atoms with E-state index in [2.05, 4.69) is 23.4 Å². The maximum atomic E-state index is 10.6. The predicted molar refractivity (Wildman–Crippen MR) is 67.1 cm³/mol. The molecular weight excluding hydrogens is 200 g/mol. The highest BCUT2D eigenvalue weighted by atomic mass is 16.1. The summed E-state index contributed by atoms with van der Waals surface area (Å²) in [6.45, 7) is 11.6. The summed E-state index contributed by atoms with van der Waals surface area (Å²) in [4.78, 5) is 17.1. The molecule has 0 aliphatic heterocycles. The second-order valence-electron chi connectivity index (χ2n) is 4.00. The number of anilines is 1. The number of carbonyl (C=O) groups excluding carboxylic acids is 1. The zero-order valence-corrected chi connectivity index (χ0v) is 10.2. The van der Waals surface area contributed by atoms with Gasteiger partial charge in [0.15, 0.2) is 6.29 Å². The Bertz CT molecular complexity index is 399. The van der Waals surface area contributed by atoms with Gasteiger partial charge in [0.2, 0.25) is 0 Å². The van der Waals surface area contributed by atoms with E-state index in [9.17, 15) is 4.79 Å². The third-order valence-corrected chi connectivity index (χ3v) is 2.35. The van der Waals surface area contributed by atoms with E-state index in [0.717, 1.165) is 36.3 Å². The van der Waals surface area contributed by atoms with Crippen LogP contribution in [0.4, 0.5) is 5.82 Å². The van der Waals surface area contributed by atoms with Gasteiger partial charge in [-0.05, 0) is 32.4 Å². The van der Waals surface area contributed by atoms with Crippen molar-refractivity contribution in [3.63, 3.8) is 0 Å². The molecule has 0 amide bonds. The number of pyridine rings is 1. The third-order valence-electron chi connectivity index (χ3n) is 2.35. The minimum absolute atomic E-state index is 0.618. The van der Waals surface area contributed by atoms with E-state index in [4.69, 9.17) is 0 Å². The molecular formula is C13H18N2O. The Morgan fingerprint density at radius 3 is 2.75 bits per heavy atom. The third kappa shape index (κ3) is 2.92. The van der Waals surface area contributed by atoms with Crippen molar-refractivity contribution in [2.75, 3.05) is 18.0 Å². The van der Waals surface area contributed by atoms with Crippen molar-refractivity contribution in [3.05, 3.63) is 35.5 Å². The Kier molecular flexibility index (Phi) is 4.23. The van der Waals surface area contributed by atoms with Crippen LogP contribution in [-0.2, 0) is 0 Å². The fourth-order valence-corrected chi connectivity index (χ4v) is 1.65. The molecule has 0 N–H and O–H groups in total. The van der Waals surface area contributed by atoms with Crippen LogP contribution in [0.15, 0.2) is 24.4 Å². The van der Waals surface area contributed by atoms with Gasteiger partial charge in [0.05, 0.1) is 0 Å². The zero-order chi connectivity index (χ0) is 12.1. The molecule has 0 aliphatic carbocycles. The number of hydrogen-bond acceptors (Lipinski definition) is 3. The summed E-state index contributed by atoms with van der Waals surface area (Å²) in [6.07, 6.45) is 2.43. The largest absolute Gasteiger partial charge is 0.353 e. The molecule has 0 bridgehead atoms. The first kappa shape index (κ1) is 12.4. The number of hydrogen-bond donors (Lipinski definition) is 0. The highest BCUT2D eigenvalue weighted by Gasteiger charge is 2.09. The van der Waals surface area contributed by atoms with Crippen LogP contribution in [0.25, 0.3) is 0 Å². The fraction of sp³-hybridized carbons (Fsp3) is 0.385. The molecule has 0 fully saturated rings. The maximum Gasteiger partial charge on any atom is 0.151 e. The van der Waals surface area contributed by atoms with Gasteiger partial charge in [-0.15, -0.1) is 0 Å². The highest BCUT2D eigenvalue weighted by Crippen LogP contribution is 2.18. The molecule has 1 rings (SSSR count). The van der Waals surface area contributed by atoms with Gasteiger partial charge in [0.25, 0.3) is 0 Å². The first-order valence-electron chi connectivity index (χ1n) is 5.39. The molecule has 0 aromatic carbocycles. The van der Waals surface area contributed by atoms with Crippen molar-refractivity contribution in [2.45, 2.75) is 20.8 Å². The maximum absolute atomic E-state index is 10.6. The number of nitrogens with zero attached hydrogens (tertiary/aromatic N) is 2. The van der Waals surface area contributed by atoms with Crippen LogP contribution in [0.3, 0.4) is 0 Å². The molecule has 0 unspecified atom stereocenters. The van der Waals surface area contributed by atoms with Gasteiger partial charge in [-0.1, -0.05) is 12.2 Å². The zero-order valence-electron chi connectivity index (χ0n) is 10.2. The first-order valence-corrected chi connectivity index (χ1v) is 5.39. The van der Waals surface area contributed by atoms with E-state index in [-0.39, 0.29) is 0 Å². The fourth-order valence-electron chi connectivity index (χ4n) is 1.65. The van der Waals surface area contributed by atoms with Gasteiger partial charge >= 0.3 is 0 Å². The highest BCUT2D eigenvalue weighted by molar-refractivity contribution is 5.75. The monoisotopic (exact) mass is 218 g/mol. The Hall–Kier alpha value is -1.64. The van der Waals surface area contributed by atoms with E-state index in [1.54, 1.807) is 6.20 Å². The Balaban J connectivity index is 3.01. The van der Waals surface area contributed by atoms with Crippen LogP contribution in [-0.4, -0.2) is 24.4 Å². The normalized spacial score (nSPS) is 9.94. The van der Waals surface area contributed by atoms with Crippen molar-refractivity contribution in [1.29, 1.82) is 0 Å². The summed E-state index contributed by atoms with van der Waals surface area (Å²) in [5.74, 6) is 0.927. The van der Waals surface area contributed by atoms with E-state index in [1.165, 1.54) is 0 Å². The summed E-state index contributed by atoms with van der Waals surface area (Å²) < 4.78 is 0. The molecule has 86 valence electrons. The molecule has 16 heavy (non-hydrogen) atoms. The van der Waals surface area contributed by atoms with E-state index in [0.29, 0.717) is 5.56 Å². The van der Waals surface area contributed by atoms with Crippen molar-refractivity contribution >= 4 is 12.1 Å². The topological polar surface area (TPSA) is 33.2 Å². The van der Waals surface area contributed by atoms with Crippen LogP contribution in [0.1, 0.15) is 29.8 Å². The number of aryl methyl sites for hydroxylation is 1. The molecule has 0 spiro atoms. The molecule has 1 aromatic heterocycles. The van der Waals surface area contributed by atoms with E-state index >= 15 is 0 Å². The Labute approximate surface area is 96.8 Å². The molecule has 1 aromatic rings. The quantitative estimate of drug-likeness (QED) is 0.562. The molecule has 0 atom stereocenters. The van der Waals surface area contributed by atoms with E-state index in [1.807, 2.05) is 19.9 Å². The van der Waals surface area contributed by atoms with Gasteiger partial charge in [0.1, 0.15) is 5.82 Å². The standard InChI is InChI=1S/C13H18N2O/c1-5-15(8-10(2)3)13-11(4)6-12(9-16)7-14-13/h6-7,9H,2,5,8H2,1,3-4H3. The first-order chi connectivity index (χ1) is 7.58. The molecule has 0 aliphatic rings. The van der Waals surface area contributed by atoms with Crippen LogP contribution < -0.4 is 4.90 Å². The lowest BCUT2D eigenvalue weighted by molar-refractivity contribution is 0.112. The molecule has 3 nitrogen and oxygen atoms in total. The average molecular weight is 218 g/mol. The van der Waals surface area contributed by atoms with Crippen LogP contribution in [0, 0.1) is 6.92 Å². The van der Waals surface area contributed by atoms with Crippen LogP contribution >= 0.6 is 0 Å². The van der Waals surface area contributed by atoms with Gasteiger partial charge < -0.3 is 4.90 Å². The lowest BCUT2D eigenvalue weighted by Gasteiger charge is -2.23. The minimum atomic E-state index is 0.618. The molecule has 0 radical (unpaired) electrons. The van der Waals surface area contributed by atoms with Crippen molar-refractivity contribution in [3.8, 4) is 0 Å². The average Bonchev–Trinajstić information content (AvgIpc) is 2.25. The summed E-state index contributed by atoms with van der Waals surface area (Å²) in [5, 5.41) is 0. The number of carbonyl (C=O) groups is 1. The van der Waals surface area contributed by atoms with Gasteiger partial charge in [-0.2, -0.15) is 0 Å². The SMILES string of the molecule is C=C(C)CN(CC)c1ncc(C=O)cc1C. The molecule has 0 saturated heterocycles. The minimum Gasteiger partial charge on any atom is -0.353 e. The van der Waals surface area contributed by atoms with Crippen molar-refractivity contribution in [1.82, 2.24) is 4.98 Å². The summed E-state index contributed by atoms with van der Waals surface area (Å²) in [7, 11) is 0. The second-order valence-corrected chi connectivity index (χ2v) is 4.00. The summed E-state index contributed by atoms with van der Waals surface area (Å²) in [6, 6.07) is 1.86. The van der Waals surface area contributed by atoms with Gasteiger partial charge in [0, 0.05) is 24.8 Å².